The van der Waals surface area contributed by atoms with Crippen LogP contribution in [0.2, 0.25) is 0 Å². The van der Waals surface area contributed by atoms with E-state index in [-0.39, 0.29) is 0 Å². The van der Waals surface area contributed by atoms with Crippen molar-refractivity contribution in [3.8, 4) is 72.8 Å². The van der Waals surface area contributed by atoms with Crippen molar-refractivity contribution in [1.29, 1.82) is 0 Å². The minimum Gasteiger partial charge on any atom is -0.436 e. The summed E-state index contributed by atoms with van der Waals surface area (Å²) in [5.41, 5.74) is 21.7. The second-order valence-electron chi connectivity index (χ2n) is 17.4. The van der Waals surface area contributed by atoms with E-state index >= 15 is 0 Å². The average molecular weight is 823 g/mol. The van der Waals surface area contributed by atoms with Crippen LogP contribution in [0, 0.1) is 0 Å². The Kier molecular flexibility index (Phi) is 9.23. The Bertz CT molecular complexity index is 3490. The highest BCUT2D eigenvalue weighted by molar-refractivity contribution is 6.11. The Balaban J connectivity index is 0.965. The first-order chi connectivity index (χ1) is 31.6. The van der Waals surface area contributed by atoms with Gasteiger partial charge in [0.1, 0.15) is 5.52 Å². The molecule has 0 saturated carbocycles. The van der Waals surface area contributed by atoms with E-state index < -0.39 is 0 Å². The number of hydrogen-bond acceptors (Lipinski definition) is 2. The van der Waals surface area contributed by atoms with Crippen molar-refractivity contribution in [3.05, 3.63) is 217 Å². The van der Waals surface area contributed by atoms with E-state index in [4.69, 9.17) is 9.40 Å². The van der Waals surface area contributed by atoms with Gasteiger partial charge >= 0.3 is 0 Å². The van der Waals surface area contributed by atoms with Crippen molar-refractivity contribution in [3.63, 3.8) is 0 Å². The summed E-state index contributed by atoms with van der Waals surface area (Å²) in [4.78, 5) is 4.75. The summed E-state index contributed by atoms with van der Waals surface area (Å²) < 4.78 is 8.67. The van der Waals surface area contributed by atoms with Crippen molar-refractivity contribution in [1.82, 2.24) is 9.55 Å². The van der Waals surface area contributed by atoms with Gasteiger partial charge in [-0.25, -0.2) is 4.98 Å². The number of aromatic nitrogens is 2. The predicted molar refractivity (Wildman–Crippen MR) is 267 cm³/mol. The third-order valence-electron chi connectivity index (χ3n) is 13.7. The molecule has 0 aliphatic heterocycles. The minimum atomic E-state index is 0.413. The Morgan fingerprint density at radius 3 is 1.78 bits per heavy atom. The summed E-state index contributed by atoms with van der Waals surface area (Å²) in [6, 6.07) is 74.9. The first-order valence-electron chi connectivity index (χ1n) is 22.6. The monoisotopic (exact) mass is 822 g/mol. The van der Waals surface area contributed by atoms with Crippen LogP contribution in [0.5, 0.6) is 0 Å². The smallest absolute Gasteiger partial charge is 0.227 e. The van der Waals surface area contributed by atoms with E-state index in [1.165, 1.54) is 88.7 Å². The molecule has 3 nitrogen and oxygen atoms in total. The van der Waals surface area contributed by atoms with Gasteiger partial charge in [0.05, 0.1) is 11.0 Å². The molecule has 0 spiro atoms. The summed E-state index contributed by atoms with van der Waals surface area (Å²) in [6.45, 7) is 4.81. The molecule has 0 amide bonds. The maximum Gasteiger partial charge on any atom is 0.227 e. The fraction of sp³-hybridized carbons (Fsp3) is 0.0984. The summed E-state index contributed by atoms with van der Waals surface area (Å²) >= 11 is 0. The van der Waals surface area contributed by atoms with E-state index in [1.54, 1.807) is 0 Å². The van der Waals surface area contributed by atoms with Crippen LogP contribution < -0.4 is 0 Å². The molecule has 12 rings (SSSR count). The van der Waals surface area contributed by atoms with Gasteiger partial charge in [-0.05, 0) is 140 Å². The lowest BCUT2D eigenvalue weighted by atomic mass is 9.85. The zero-order valence-corrected chi connectivity index (χ0v) is 36.0. The zero-order chi connectivity index (χ0) is 42.7. The molecule has 2 heterocycles. The number of fused-ring (bicyclic) bond motifs is 5. The van der Waals surface area contributed by atoms with E-state index in [0.29, 0.717) is 17.7 Å². The topological polar surface area (TPSA) is 31.0 Å². The molecule has 2 atom stereocenters. The van der Waals surface area contributed by atoms with Crippen LogP contribution in [0.25, 0.3) is 106 Å². The van der Waals surface area contributed by atoms with Crippen molar-refractivity contribution in [2.45, 2.75) is 38.5 Å². The van der Waals surface area contributed by atoms with Gasteiger partial charge in [-0.1, -0.05) is 172 Å². The molecule has 306 valence electrons. The number of nitrogens with zero attached hydrogens (tertiary/aromatic N) is 2. The Labute approximate surface area is 373 Å². The Hall–Kier alpha value is -7.75. The molecule has 64 heavy (non-hydrogen) atoms. The predicted octanol–water partition coefficient (Wildman–Crippen LogP) is 16.9. The van der Waals surface area contributed by atoms with Gasteiger partial charge < -0.3 is 8.98 Å². The van der Waals surface area contributed by atoms with Crippen LogP contribution in [0.1, 0.15) is 49.7 Å². The molecule has 0 bridgehead atoms. The lowest BCUT2D eigenvalue weighted by molar-refractivity contribution is 0.602. The molecule has 3 heteroatoms. The number of para-hydroxylation sites is 3. The molecule has 9 aromatic carbocycles. The molecule has 0 N–H and O–H groups in total. The van der Waals surface area contributed by atoms with Gasteiger partial charge in [-0.2, -0.15) is 0 Å². The number of benzene rings is 9. The van der Waals surface area contributed by atoms with Gasteiger partial charge in [0.15, 0.2) is 5.58 Å². The van der Waals surface area contributed by atoms with E-state index in [2.05, 4.69) is 200 Å². The molecule has 0 fully saturated rings. The van der Waals surface area contributed by atoms with E-state index in [0.717, 1.165) is 35.1 Å². The SMILES string of the molecule is CCC1CC(C)c2c(-c3ccccc3-c3ccccc3-c3ccc(-c4nc5ccccc5o4)cc3)ccc(-n3c4ccccc4c4cc(-c5ccc(-c6ccccc6)cc5)ccc43)c21. The Morgan fingerprint density at radius 1 is 0.469 bits per heavy atom. The standard InChI is InChI=1S/C61H46N2O/c1-3-40-37-39(2)59-52(50-20-10-9-19-49(50)48-18-8-7-17-47(48)44-29-31-45(32-30-44)61-62-54-22-12-14-24-58(54)64-61)34-36-57(60(40)59)63-55-23-13-11-21-51(55)53-38-46(33-35-56(53)63)43-27-25-42(26-28-43)41-15-5-4-6-16-41/h4-36,38-40H,3,37H2,1-2H3. The first-order valence-corrected chi connectivity index (χ1v) is 22.6. The van der Waals surface area contributed by atoms with E-state index in [1.807, 2.05) is 24.3 Å². The van der Waals surface area contributed by atoms with Crippen LogP contribution in [-0.4, -0.2) is 9.55 Å². The second-order valence-corrected chi connectivity index (χ2v) is 17.4. The highest BCUT2D eigenvalue weighted by Crippen LogP contribution is 2.52. The first kappa shape index (κ1) is 38.0. The fourth-order valence-electron chi connectivity index (χ4n) is 10.7. The van der Waals surface area contributed by atoms with Crippen LogP contribution in [0.15, 0.2) is 211 Å². The van der Waals surface area contributed by atoms with Crippen LogP contribution in [-0.2, 0) is 0 Å². The summed E-state index contributed by atoms with van der Waals surface area (Å²) in [5, 5.41) is 2.56. The van der Waals surface area contributed by atoms with Crippen molar-refractivity contribution in [2.24, 2.45) is 0 Å². The molecular formula is C61H46N2O. The maximum absolute atomic E-state index is 6.12. The zero-order valence-electron chi connectivity index (χ0n) is 36.0. The normalized spacial score (nSPS) is 14.7. The number of rotatable bonds is 8. The van der Waals surface area contributed by atoms with Gasteiger partial charge in [0, 0.05) is 22.0 Å². The summed E-state index contributed by atoms with van der Waals surface area (Å²) in [7, 11) is 0. The largest absolute Gasteiger partial charge is 0.436 e. The summed E-state index contributed by atoms with van der Waals surface area (Å²) in [5.74, 6) is 1.51. The maximum atomic E-state index is 6.12. The molecule has 2 aromatic heterocycles. The van der Waals surface area contributed by atoms with Gasteiger partial charge in [0.2, 0.25) is 5.89 Å². The lowest BCUT2D eigenvalue weighted by Crippen LogP contribution is -2.04. The molecule has 2 unspecified atom stereocenters. The van der Waals surface area contributed by atoms with Crippen molar-refractivity contribution >= 4 is 32.9 Å². The van der Waals surface area contributed by atoms with Gasteiger partial charge in [-0.15, -0.1) is 0 Å². The van der Waals surface area contributed by atoms with Crippen LogP contribution in [0.4, 0.5) is 0 Å². The van der Waals surface area contributed by atoms with Gasteiger partial charge in [-0.3, -0.25) is 0 Å². The average Bonchev–Trinajstić information content (AvgIpc) is 4.06. The van der Waals surface area contributed by atoms with Crippen molar-refractivity contribution < 1.29 is 4.42 Å². The quantitative estimate of drug-likeness (QED) is 0.153. The second kappa shape index (κ2) is 15.6. The molecule has 0 radical (unpaired) electrons. The molecule has 1 aliphatic carbocycles. The highest BCUT2D eigenvalue weighted by atomic mass is 16.3. The molecular weight excluding hydrogens is 777 g/mol. The van der Waals surface area contributed by atoms with E-state index in [9.17, 15) is 0 Å². The van der Waals surface area contributed by atoms with Crippen molar-refractivity contribution in [2.75, 3.05) is 0 Å². The third kappa shape index (κ3) is 6.30. The highest BCUT2D eigenvalue weighted by Gasteiger charge is 2.34. The third-order valence-corrected chi connectivity index (χ3v) is 13.7. The Morgan fingerprint density at radius 2 is 1.03 bits per heavy atom. The minimum absolute atomic E-state index is 0.413. The fourth-order valence-corrected chi connectivity index (χ4v) is 10.7. The van der Waals surface area contributed by atoms with Gasteiger partial charge in [0.25, 0.3) is 0 Å². The number of hydrogen-bond donors (Lipinski definition) is 0. The number of oxazole rings is 1. The molecule has 11 aromatic rings. The molecule has 1 aliphatic rings. The lowest BCUT2D eigenvalue weighted by Gasteiger charge is -2.22. The molecule has 0 saturated heterocycles. The van der Waals surface area contributed by atoms with Crippen LogP contribution >= 0.6 is 0 Å². The summed E-state index contributed by atoms with van der Waals surface area (Å²) in [6.07, 6.45) is 2.24. The van der Waals surface area contributed by atoms with Crippen LogP contribution in [0.3, 0.4) is 0 Å².